The van der Waals surface area contributed by atoms with E-state index in [9.17, 15) is 9.90 Å². The Morgan fingerprint density at radius 3 is 2.02 bits per heavy atom. The number of rotatable bonds is 12. The second-order valence-electron chi connectivity index (χ2n) is 16.4. The standard InChI is InChI=1S/C38H36NS.C13H24O2.Ir/c1-24(2)34-22-31(21-30-20-29(16-17-33(30)34)27-10-8-7-9-11-27)35-37-32(18-19-39-35)25(3)36(40-37)28-14-12-26(13-15-28)23-38(4,5)6;1-5-10(6-2)12(14)9-13(15)11(7-3)8-4;/h7-20,22,24H,23H2,1-6H3;9-11,14H,5-8H2,1-4H3;/q-1;;/b;12-9-;. The molecule has 3 nitrogen and oxygen atoms in total. The van der Waals surface area contributed by atoms with E-state index in [0.29, 0.717) is 5.92 Å². The summed E-state index contributed by atoms with van der Waals surface area (Å²) >= 11 is 1.85. The van der Waals surface area contributed by atoms with Crippen molar-refractivity contribution in [3.63, 3.8) is 0 Å². The first-order valence-corrected chi connectivity index (χ1v) is 21.1. The largest absolute Gasteiger partial charge is 0.512 e. The molecule has 0 unspecified atom stereocenters. The second kappa shape index (κ2) is 20.0. The summed E-state index contributed by atoms with van der Waals surface area (Å²) in [6.07, 6.45) is 7.94. The van der Waals surface area contributed by atoms with Crippen LogP contribution in [0.5, 0.6) is 0 Å². The van der Waals surface area contributed by atoms with Crippen LogP contribution >= 0.6 is 11.3 Å². The van der Waals surface area contributed by atoms with Crippen LogP contribution in [0.25, 0.3) is 53.7 Å². The number of aromatic nitrogens is 1. The number of aliphatic hydroxyl groups is 1. The molecule has 0 atom stereocenters. The van der Waals surface area contributed by atoms with Crippen LogP contribution in [0.4, 0.5) is 0 Å². The van der Waals surface area contributed by atoms with Crippen molar-refractivity contribution in [1.82, 2.24) is 4.98 Å². The van der Waals surface area contributed by atoms with Gasteiger partial charge in [0, 0.05) is 59.5 Å². The number of carbonyl (C=O) groups is 1. The zero-order valence-electron chi connectivity index (χ0n) is 35.0. The van der Waals surface area contributed by atoms with E-state index in [4.69, 9.17) is 4.98 Å². The number of aliphatic hydroxyl groups excluding tert-OH is 1. The number of hydrogen-bond acceptors (Lipinski definition) is 4. The van der Waals surface area contributed by atoms with Gasteiger partial charge in [-0.1, -0.05) is 146 Å². The number of aryl methyl sites for hydroxylation is 1. The smallest absolute Gasteiger partial charge is 0.162 e. The van der Waals surface area contributed by atoms with Gasteiger partial charge < -0.3 is 5.11 Å². The van der Waals surface area contributed by atoms with E-state index in [1.54, 1.807) is 0 Å². The summed E-state index contributed by atoms with van der Waals surface area (Å²) in [4.78, 5) is 18.0. The number of thiophene rings is 1. The van der Waals surface area contributed by atoms with Crippen LogP contribution in [-0.4, -0.2) is 15.9 Å². The summed E-state index contributed by atoms with van der Waals surface area (Å²) in [6.45, 7) is 21.7. The first-order valence-electron chi connectivity index (χ1n) is 20.3. The number of fused-ring (bicyclic) bond motifs is 2. The van der Waals surface area contributed by atoms with E-state index in [0.717, 1.165) is 48.7 Å². The van der Waals surface area contributed by atoms with E-state index < -0.39 is 0 Å². The first kappa shape index (κ1) is 44.8. The van der Waals surface area contributed by atoms with Crippen molar-refractivity contribution in [3.8, 4) is 32.8 Å². The molecule has 6 aromatic rings. The molecule has 56 heavy (non-hydrogen) atoms. The quantitative estimate of drug-likeness (QED) is 0.0755. The van der Waals surface area contributed by atoms with E-state index in [2.05, 4.69) is 133 Å². The molecule has 4 aromatic carbocycles. The van der Waals surface area contributed by atoms with Gasteiger partial charge in [0.15, 0.2) is 5.78 Å². The first-order chi connectivity index (χ1) is 26.3. The van der Waals surface area contributed by atoms with E-state index in [-0.39, 0.29) is 48.9 Å². The predicted octanol–water partition coefficient (Wildman–Crippen LogP) is 15.1. The van der Waals surface area contributed by atoms with Gasteiger partial charge in [0.2, 0.25) is 0 Å². The minimum Gasteiger partial charge on any atom is -0.512 e. The zero-order chi connectivity index (χ0) is 39.9. The van der Waals surface area contributed by atoms with E-state index in [1.807, 2.05) is 45.2 Å². The van der Waals surface area contributed by atoms with Crippen molar-refractivity contribution in [1.29, 1.82) is 0 Å². The SMILES string of the molecule is CCC(CC)C(=O)/C=C(\O)C(CC)CC.Cc1c(-c2ccc(CC(C)(C)C)cc2)sc2c(-c3[c-]c4cc(-c5ccccc5)ccc4c(C(C)C)c3)nccc12.[Ir]. The molecular formula is C51H60IrNO2S-. The van der Waals surface area contributed by atoms with E-state index >= 15 is 0 Å². The van der Waals surface area contributed by atoms with Crippen molar-refractivity contribution < 1.29 is 30.0 Å². The number of hydrogen-bond donors (Lipinski definition) is 1. The van der Waals surface area contributed by atoms with Crippen molar-refractivity contribution in [3.05, 3.63) is 126 Å². The average molecular weight is 943 g/mol. The number of benzene rings is 4. The zero-order valence-corrected chi connectivity index (χ0v) is 38.3. The molecule has 0 fully saturated rings. The predicted molar refractivity (Wildman–Crippen MR) is 238 cm³/mol. The van der Waals surface area contributed by atoms with Gasteiger partial charge in [-0.15, -0.1) is 40.5 Å². The van der Waals surface area contributed by atoms with Crippen LogP contribution < -0.4 is 0 Å². The van der Waals surface area contributed by atoms with Gasteiger partial charge in [0.1, 0.15) is 0 Å². The topological polar surface area (TPSA) is 50.2 Å². The Balaban J connectivity index is 0.000000372. The molecule has 0 amide bonds. The maximum Gasteiger partial charge on any atom is 0.162 e. The fraction of sp³-hybridized carbons (Fsp3) is 0.373. The van der Waals surface area contributed by atoms with Gasteiger partial charge in [-0.2, -0.15) is 0 Å². The Morgan fingerprint density at radius 1 is 0.804 bits per heavy atom. The molecule has 0 aliphatic heterocycles. The molecule has 0 bridgehead atoms. The molecule has 0 saturated carbocycles. The average Bonchev–Trinajstić information content (AvgIpc) is 3.51. The van der Waals surface area contributed by atoms with Crippen molar-refractivity contribution >= 4 is 38.0 Å². The summed E-state index contributed by atoms with van der Waals surface area (Å²) in [6, 6.07) is 34.8. The number of allylic oxidation sites excluding steroid dienone is 2. The Hall–Kier alpha value is -3.89. The van der Waals surface area contributed by atoms with Crippen LogP contribution in [0.3, 0.4) is 0 Å². The molecule has 0 aliphatic carbocycles. The molecule has 1 N–H and O–H groups in total. The van der Waals surface area contributed by atoms with Gasteiger partial charge >= 0.3 is 0 Å². The number of ketones is 1. The molecule has 0 saturated heterocycles. The minimum absolute atomic E-state index is 0. The molecule has 2 heterocycles. The van der Waals surface area contributed by atoms with Gasteiger partial charge in [-0.3, -0.25) is 9.78 Å². The number of nitrogens with zero attached hydrogens (tertiary/aromatic N) is 1. The maximum atomic E-state index is 11.7. The fourth-order valence-electron chi connectivity index (χ4n) is 7.51. The van der Waals surface area contributed by atoms with Gasteiger partial charge in [-0.25, -0.2) is 0 Å². The van der Waals surface area contributed by atoms with Crippen LogP contribution in [0.15, 0.2) is 103 Å². The monoisotopic (exact) mass is 943 g/mol. The van der Waals surface area contributed by atoms with Crippen molar-refractivity contribution in [2.24, 2.45) is 17.3 Å². The number of pyridine rings is 1. The third kappa shape index (κ3) is 10.7. The molecule has 6 rings (SSSR count). The summed E-state index contributed by atoms with van der Waals surface area (Å²) in [5.41, 5.74) is 10.1. The van der Waals surface area contributed by atoms with E-state index in [1.165, 1.54) is 59.8 Å². The molecule has 0 aliphatic rings. The summed E-state index contributed by atoms with van der Waals surface area (Å²) in [7, 11) is 0. The molecule has 1 radical (unpaired) electrons. The fourth-order valence-corrected chi connectivity index (χ4v) is 8.82. The van der Waals surface area contributed by atoms with Crippen LogP contribution in [0.1, 0.15) is 111 Å². The normalized spacial score (nSPS) is 12.0. The Labute approximate surface area is 354 Å². The molecule has 297 valence electrons. The molecule has 5 heteroatoms. The molecule has 0 spiro atoms. The third-order valence-electron chi connectivity index (χ3n) is 10.8. The molecular weight excluding hydrogens is 883 g/mol. The van der Waals surface area contributed by atoms with Gasteiger partial charge in [-0.05, 0) is 84.1 Å². The van der Waals surface area contributed by atoms with Crippen LogP contribution in [-0.2, 0) is 31.3 Å². The Bertz CT molecular complexity index is 2230. The third-order valence-corrected chi connectivity index (χ3v) is 12.1. The second-order valence-corrected chi connectivity index (χ2v) is 17.5. The molecule has 2 aromatic heterocycles. The Morgan fingerprint density at radius 2 is 1.43 bits per heavy atom. The van der Waals surface area contributed by atoms with Crippen LogP contribution in [0, 0.1) is 30.2 Å². The maximum absolute atomic E-state index is 11.7. The summed E-state index contributed by atoms with van der Waals surface area (Å²) in [5, 5.41) is 13.4. The summed E-state index contributed by atoms with van der Waals surface area (Å²) < 4.78 is 1.23. The van der Waals surface area contributed by atoms with Crippen molar-refractivity contribution in [2.45, 2.75) is 107 Å². The Kier molecular flexibility index (Phi) is 16.0. The number of carbonyl (C=O) groups excluding carboxylic acids is 1. The minimum atomic E-state index is 0. The van der Waals surface area contributed by atoms with Gasteiger partial charge in [0.05, 0.1) is 5.76 Å². The van der Waals surface area contributed by atoms with Crippen LogP contribution in [0.2, 0.25) is 0 Å². The summed E-state index contributed by atoms with van der Waals surface area (Å²) in [5.74, 6) is 0.941. The van der Waals surface area contributed by atoms with Gasteiger partial charge in [0.25, 0.3) is 0 Å². The van der Waals surface area contributed by atoms with Crippen molar-refractivity contribution in [2.75, 3.05) is 0 Å².